The Morgan fingerprint density at radius 2 is 1.62 bits per heavy atom. The first-order valence-corrected chi connectivity index (χ1v) is 11.1. The number of halogens is 2. The van der Waals surface area contributed by atoms with Crippen LogP contribution < -0.4 is 19.1 Å². The number of rotatable bonds is 7. The molecule has 1 N–H and O–H groups in total. The molecule has 32 heavy (non-hydrogen) atoms. The van der Waals surface area contributed by atoms with Crippen molar-refractivity contribution in [2.24, 2.45) is 0 Å². The molecule has 0 atom stereocenters. The molecular weight excluding hydrogens is 459 g/mol. The Hall–Kier alpha value is -3.30. The van der Waals surface area contributed by atoms with E-state index in [1.54, 1.807) is 0 Å². The van der Waals surface area contributed by atoms with E-state index in [0.29, 0.717) is 17.1 Å². The molecule has 0 aromatic heterocycles. The number of ether oxygens (including phenoxy) is 2. The quantitative estimate of drug-likeness (QED) is 0.537. The summed E-state index contributed by atoms with van der Waals surface area (Å²) >= 11 is 5.72. The van der Waals surface area contributed by atoms with Crippen molar-refractivity contribution in [2.75, 3.05) is 30.9 Å². The van der Waals surface area contributed by atoms with E-state index in [-0.39, 0.29) is 21.2 Å². The predicted molar refractivity (Wildman–Crippen MR) is 121 cm³/mol. The highest BCUT2D eigenvalue weighted by atomic mass is 35.5. The Morgan fingerprint density at radius 1 is 0.969 bits per heavy atom. The smallest absolute Gasteiger partial charge is 0.264 e. The Bertz CT molecular complexity index is 1250. The minimum Gasteiger partial charge on any atom is -0.493 e. The second-order valence-corrected chi connectivity index (χ2v) is 9.00. The van der Waals surface area contributed by atoms with Crippen molar-refractivity contribution in [1.82, 2.24) is 0 Å². The lowest BCUT2D eigenvalue weighted by Crippen LogP contribution is -2.26. The molecule has 0 bridgehead atoms. The summed E-state index contributed by atoms with van der Waals surface area (Å²) in [7, 11) is 0.388. The normalized spacial score (nSPS) is 11.0. The average Bonchev–Trinajstić information content (AvgIpc) is 2.80. The summed E-state index contributed by atoms with van der Waals surface area (Å²) in [5.74, 6) is -0.348. The third kappa shape index (κ3) is 4.79. The number of carbonyl (C=O) groups excluding carboxylic acids is 1. The van der Waals surface area contributed by atoms with Gasteiger partial charge in [0.25, 0.3) is 15.9 Å². The largest absolute Gasteiger partial charge is 0.493 e. The number of anilines is 2. The molecule has 3 rings (SSSR count). The van der Waals surface area contributed by atoms with Gasteiger partial charge in [-0.1, -0.05) is 11.6 Å². The van der Waals surface area contributed by atoms with Crippen LogP contribution in [0.15, 0.2) is 65.6 Å². The Balaban J connectivity index is 1.80. The number of nitrogens with zero attached hydrogens (tertiary/aromatic N) is 1. The number of nitrogens with one attached hydrogen (secondary N) is 1. The van der Waals surface area contributed by atoms with Gasteiger partial charge in [-0.3, -0.25) is 9.10 Å². The zero-order valence-corrected chi connectivity index (χ0v) is 19.0. The summed E-state index contributed by atoms with van der Waals surface area (Å²) in [6, 6.07) is 14.1. The molecule has 0 saturated heterocycles. The second kappa shape index (κ2) is 9.46. The van der Waals surface area contributed by atoms with E-state index >= 15 is 0 Å². The van der Waals surface area contributed by atoms with Gasteiger partial charge in [-0.2, -0.15) is 0 Å². The van der Waals surface area contributed by atoms with E-state index in [0.717, 1.165) is 10.4 Å². The van der Waals surface area contributed by atoms with Crippen LogP contribution in [-0.4, -0.2) is 35.6 Å². The molecule has 0 aliphatic carbocycles. The third-order valence-corrected chi connectivity index (χ3v) is 6.76. The first-order valence-electron chi connectivity index (χ1n) is 9.25. The first-order chi connectivity index (χ1) is 15.2. The Kier molecular flexibility index (Phi) is 6.90. The van der Waals surface area contributed by atoms with Crippen molar-refractivity contribution >= 4 is 38.9 Å². The van der Waals surface area contributed by atoms with Crippen molar-refractivity contribution in [3.8, 4) is 11.5 Å². The summed E-state index contributed by atoms with van der Waals surface area (Å²) < 4.78 is 50.7. The molecule has 0 aliphatic rings. The topological polar surface area (TPSA) is 84.9 Å². The lowest BCUT2D eigenvalue weighted by atomic mass is 10.2. The number of methoxy groups -OCH3 is 2. The number of sulfonamides is 1. The first kappa shape index (κ1) is 23.4. The highest BCUT2D eigenvalue weighted by Gasteiger charge is 2.23. The average molecular weight is 479 g/mol. The van der Waals surface area contributed by atoms with E-state index in [9.17, 15) is 17.6 Å². The minimum absolute atomic E-state index is 0.0210. The second-order valence-electron chi connectivity index (χ2n) is 6.62. The number of benzene rings is 3. The van der Waals surface area contributed by atoms with Crippen LogP contribution in [0, 0.1) is 5.82 Å². The molecule has 0 saturated carbocycles. The van der Waals surface area contributed by atoms with Crippen molar-refractivity contribution in [1.29, 1.82) is 0 Å². The van der Waals surface area contributed by atoms with Gasteiger partial charge in [-0.25, -0.2) is 12.8 Å². The minimum atomic E-state index is -3.89. The zero-order valence-electron chi connectivity index (χ0n) is 17.4. The van der Waals surface area contributed by atoms with Gasteiger partial charge in [0.2, 0.25) is 0 Å². The predicted octanol–water partition coefficient (Wildman–Crippen LogP) is 4.57. The van der Waals surface area contributed by atoms with Crippen LogP contribution >= 0.6 is 11.6 Å². The van der Waals surface area contributed by atoms with Crippen molar-refractivity contribution < 1.29 is 27.1 Å². The molecule has 0 fully saturated rings. The molecule has 0 radical (unpaired) electrons. The molecule has 1 amide bonds. The van der Waals surface area contributed by atoms with Crippen LogP contribution in [0.1, 0.15) is 10.4 Å². The van der Waals surface area contributed by atoms with E-state index in [2.05, 4.69) is 5.32 Å². The highest BCUT2D eigenvalue weighted by Crippen LogP contribution is 2.31. The lowest BCUT2D eigenvalue weighted by molar-refractivity contribution is 0.102. The Morgan fingerprint density at radius 3 is 2.22 bits per heavy atom. The Labute approximate surface area is 190 Å². The molecule has 10 heteroatoms. The fourth-order valence-electron chi connectivity index (χ4n) is 2.87. The molecule has 168 valence electrons. The summed E-state index contributed by atoms with van der Waals surface area (Å²) in [5, 5.41) is 2.50. The molecule has 0 spiro atoms. The molecule has 3 aromatic carbocycles. The van der Waals surface area contributed by atoms with Gasteiger partial charge in [0.1, 0.15) is 5.82 Å². The van der Waals surface area contributed by atoms with Crippen LogP contribution in [0.5, 0.6) is 11.5 Å². The molecule has 0 heterocycles. The van der Waals surface area contributed by atoms with Crippen LogP contribution in [0.4, 0.5) is 15.8 Å². The molecule has 7 nitrogen and oxygen atoms in total. The van der Waals surface area contributed by atoms with Crippen molar-refractivity contribution in [3.05, 3.63) is 77.1 Å². The summed E-state index contributed by atoms with van der Waals surface area (Å²) in [5.41, 5.74) is 0.964. The van der Waals surface area contributed by atoms with Crippen molar-refractivity contribution in [3.63, 3.8) is 0 Å². The zero-order chi connectivity index (χ0) is 23.5. The molecule has 0 aliphatic heterocycles. The van der Waals surface area contributed by atoms with Gasteiger partial charge in [0.05, 0.1) is 29.8 Å². The van der Waals surface area contributed by atoms with E-state index < -0.39 is 21.7 Å². The monoisotopic (exact) mass is 478 g/mol. The van der Waals surface area contributed by atoms with Gasteiger partial charge in [0, 0.05) is 24.4 Å². The number of hydrogen-bond acceptors (Lipinski definition) is 5. The number of amides is 1. The SMILES string of the molecule is COc1ccc(S(=O)(=O)N(C)c2ccc(C(=O)Nc3ccc(F)c(Cl)c3)cc2)cc1OC. The van der Waals surface area contributed by atoms with Gasteiger partial charge in [-0.15, -0.1) is 0 Å². The fraction of sp³-hybridized carbons (Fsp3) is 0.136. The maximum absolute atomic E-state index is 13.3. The van der Waals surface area contributed by atoms with E-state index in [1.165, 1.54) is 75.9 Å². The molecule has 0 unspecified atom stereocenters. The maximum atomic E-state index is 13.3. The van der Waals surface area contributed by atoms with Crippen LogP contribution in [-0.2, 0) is 10.0 Å². The fourth-order valence-corrected chi connectivity index (χ4v) is 4.27. The van der Waals surface area contributed by atoms with Gasteiger partial charge >= 0.3 is 0 Å². The van der Waals surface area contributed by atoms with E-state index in [1.807, 2.05) is 0 Å². The highest BCUT2D eigenvalue weighted by molar-refractivity contribution is 7.92. The van der Waals surface area contributed by atoms with Crippen LogP contribution in [0.2, 0.25) is 5.02 Å². The number of hydrogen-bond donors (Lipinski definition) is 1. The summed E-state index contributed by atoms with van der Waals surface area (Å²) in [4.78, 5) is 12.5. The summed E-state index contributed by atoms with van der Waals surface area (Å²) in [6.07, 6.45) is 0. The van der Waals surface area contributed by atoms with Crippen LogP contribution in [0.25, 0.3) is 0 Å². The number of carbonyl (C=O) groups is 1. The van der Waals surface area contributed by atoms with E-state index in [4.69, 9.17) is 21.1 Å². The van der Waals surface area contributed by atoms with Crippen molar-refractivity contribution in [2.45, 2.75) is 4.90 Å². The lowest BCUT2D eigenvalue weighted by Gasteiger charge is -2.20. The standard InChI is InChI=1S/C22H20ClFN2O5S/c1-26(32(28,29)17-9-11-20(30-2)21(13-17)31-3)16-7-4-14(5-8-16)22(27)25-15-6-10-19(24)18(23)12-15/h4-13H,1-3H3,(H,25,27). The molecular formula is C22H20ClFN2O5S. The summed E-state index contributed by atoms with van der Waals surface area (Å²) in [6.45, 7) is 0. The van der Waals surface area contributed by atoms with Gasteiger partial charge in [-0.05, 0) is 54.6 Å². The molecule has 3 aromatic rings. The van der Waals surface area contributed by atoms with Crippen LogP contribution in [0.3, 0.4) is 0 Å². The third-order valence-electron chi connectivity index (χ3n) is 4.68. The van der Waals surface area contributed by atoms with Gasteiger partial charge in [0.15, 0.2) is 11.5 Å². The van der Waals surface area contributed by atoms with Gasteiger partial charge < -0.3 is 14.8 Å². The maximum Gasteiger partial charge on any atom is 0.264 e.